The molecule has 3 nitrogen and oxygen atoms in total. The smallest absolute Gasteiger partial charge is 0.339 e. The minimum atomic E-state index is -0.638. The van der Waals surface area contributed by atoms with E-state index in [1.807, 2.05) is 30.3 Å². The Bertz CT molecular complexity index is 702. The minimum absolute atomic E-state index is 0.278. The Morgan fingerprint density at radius 2 is 2.08 bits per heavy atom. The number of hydrogen-bond acceptors (Lipinski definition) is 4. The predicted octanol–water partition coefficient (Wildman–Crippen LogP) is 5.34. The molecule has 3 rings (SSSR count). The fraction of sp³-hybridized carbons (Fsp3) is 0.421. The Hall–Kier alpha value is -0.920. The molecule has 2 aromatic rings. The maximum absolute atomic E-state index is 12.7. The summed E-state index contributed by atoms with van der Waals surface area (Å²) in [5.41, 5.74) is 1.21. The highest BCUT2D eigenvalue weighted by molar-refractivity contribution is 14.1. The summed E-state index contributed by atoms with van der Waals surface area (Å²) in [6.45, 7) is 5.41. The van der Waals surface area contributed by atoms with Crippen molar-refractivity contribution in [1.82, 2.24) is 0 Å². The lowest BCUT2D eigenvalue weighted by atomic mass is 9.97. The lowest BCUT2D eigenvalue weighted by molar-refractivity contribution is -0.0240. The van der Waals surface area contributed by atoms with Gasteiger partial charge in [0, 0.05) is 6.42 Å². The Labute approximate surface area is 160 Å². The molecule has 0 saturated carbocycles. The molecule has 1 fully saturated rings. The van der Waals surface area contributed by atoms with Gasteiger partial charge in [0.1, 0.15) is 0 Å². The van der Waals surface area contributed by atoms with E-state index in [1.54, 1.807) is 11.3 Å². The van der Waals surface area contributed by atoms with E-state index in [0.29, 0.717) is 31.1 Å². The van der Waals surface area contributed by atoms with Crippen LogP contribution in [-0.4, -0.2) is 19.2 Å². The summed E-state index contributed by atoms with van der Waals surface area (Å²) in [5, 5.41) is 0. The van der Waals surface area contributed by atoms with Gasteiger partial charge in [-0.1, -0.05) is 26.0 Å². The van der Waals surface area contributed by atoms with Gasteiger partial charge in [0.25, 0.3) is 0 Å². The van der Waals surface area contributed by atoms with Gasteiger partial charge in [-0.05, 0) is 64.8 Å². The molecular formula is C19H21IO3S. The van der Waals surface area contributed by atoms with Crippen LogP contribution in [0.2, 0.25) is 0 Å². The third-order valence-corrected chi connectivity index (χ3v) is 6.70. The Balaban J connectivity index is 1.79. The number of halogens is 1. The van der Waals surface area contributed by atoms with Gasteiger partial charge in [-0.3, -0.25) is 0 Å². The number of ether oxygens (including phenoxy) is 2. The van der Waals surface area contributed by atoms with E-state index in [4.69, 9.17) is 9.47 Å². The van der Waals surface area contributed by atoms with E-state index >= 15 is 0 Å². The SMILES string of the molecule is CCC(C)c1ccc(C(=O)OC2(c3ccc(I)s3)CCOC2)cc1. The number of benzene rings is 1. The van der Waals surface area contributed by atoms with E-state index < -0.39 is 5.60 Å². The van der Waals surface area contributed by atoms with E-state index in [-0.39, 0.29) is 5.97 Å². The van der Waals surface area contributed by atoms with Crippen LogP contribution < -0.4 is 0 Å². The number of thiophene rings is 1. The average molecular weight is 456 g/mol. The molecule has 1 aromatic heterocycles. The molecule has 2 unspecified atom stereocenters. The minimum Gasteiger partial charge on any atom is -0.447 e. The number of rotatable bonds is 5. The van der Waals surface area contributed by atoms with Crippen molar-refractivity contribution in [3.63, 3.8) is 0 Å². The molecule has 5 heteroatoms. The number of carbonyl (C=O) groups excluding carboxylic acids is 1. The van der Waals surface area contributed by atoms with Crippen molar-refractivity contribution in [2.75, 3.05) is 13.2 Å². The molecule has 1 saturated heterocycles. The zero-order chi connectivity index (χ0) is 17.2. The molecule has 1 aliphatic rings. The lowest BCUT2D eigenvalue weighted by Gasteiger charge is -2.26. The van der Waals surface area contributed by atoms with E-state index in [0.717, 1.165) is 11.3 Å². The maximum atomic E-state index is 12.7. The predicted molar refractivity (Wildman–Crippen MR) is 105 cm³/mol. The highest BCUT2D eigenvalue weighted by Crippen LogP contribution is 2.39. The van der Waals surface area contributed by atoms with Crippen molar-refractivity contribution in [3.05, 3.63) is 55.3 Å². The highest BCUT2D eigenvalue weighted by atomic mass is 127. The summed E-state index contributed by atoms with van der Waals surface area (Å²) >= 11 is 3.95. The highest BCUT2D eigenvalue weighted by Gasteiger charge is 2.42. The van der Waals surface area contributed by atoms with Crippen molar-refractivity contribution in [2.24, 2.45) is 0 Å². The fourth-order valence-corrected chi connectivity index (χ4v) is 4.61. The molecule has 2 heterocycles. The zero-order valence-corrected chi connectivity index (χ0v) is 16.9. The first-order valence-corrected chi connectivity index (χ1v) is 10.1. The number of hydrogen-bond donors (Lipinski definition) is 0. The van der Waals surface area contributed by atoms with E-state index in [2.05, 4.69) is 42.5 Å². The second-order valence-electron chi connectivity index (χ2n) is 6.22. The van der Waals surface area contributed by atoms with Gasteiger partial charge >= 0.3 is 5.97 Å². The molecule has 24 heavy (non-hydrogen) atoms. The van der Waals surface area contributed by atoms with Crippen LogP contribution in [0, 0.1) is 2.88 Å². The van der Waals surface area contributed by atoms with E-state index in [1.165, 1.54) is 8.45 Å². The zero-order valence-electron chi connectivity index (χ0n) is 13.9. The second-order valence-corrected chi connectivity index (χ2v) is 9.20. The third-order valence-electron chi connectivity index (χ3n) is 4.62. The number of carbonyl (C=O) groups is 1. The van der Waals surface area contributed by atoms with Crippen molar-refractivity contribution in [2.45, 2.75) is 38.2 Å². The summed E-state index contributed by atoms with van der Waals surface area (Å²) < 4.78 is 12.7. The first-order chi connectivity index (χ1) is 11.5. The van der Waals surface area contributed by atoms with Crippen LogP contribution in [0.5, 0.6) is 0 Å². The van der Waals surface area contributed by atoms with Crippen LogP contribution in [0.25, 0.3) is 0 Å². The van der Waals surface area contributed by atoms with Gasteiger partial charge in [-0.15, -0.1) is 11.3 Å². The average Bonchev–Trinajstić information content (AvgIpc) is 3.24. The monoisotopic (exact) mass is 456 g/mol. The van der Waals surface area contributed by atoms with Crippen LogP contribution in [0.1, 0.15) is 53.4 Å². The molecule has 1 aliphatic heterocycles. The van der Waals surface area contributed by atoms with Crippen LogP contribution in [0.15, 0.2) is 36.4 Å². The lowest BCUT2D eigenvalue weighted by Crippen LogP contribution is -2.32. The maximum Gasteiger partial charge on any atom is 0.339 e. The normalized spacial score (nSPS) is 21.6. The van der Waals surface area contributed by atoms with Crippen molar-refractivity contribution >= 4 is 39.9 Å². The van der Waals surface area contributed by atoms with Gasteiger partial charge in [-0.25, -0.2) is 4.79 Å². The quantitative estimate of drug-likeness (QED) is 0.450. The first-order valence-electron chi connectivity index (χ1n) is 8.21. The summed E-state index contributed by atoms with van der Waals surface area (Å²) in [6.07, 6.45) is 1.79. The molecule has 0 amide bonds. The van der Waals surface area contributed by atoms with Gasteiger partial charge < -0.3 is 9.47 Å². The third kappa shape index (κ3) is 3.68. The van der Waals surface area contributed by atoms with Gasteiger partial charge in [0.05, 0.1) is 26.5 Å². The topological polar surface area (TPSA) is 35.5 Å². The van der Waals surface area contributed by atoms with Crippen molar-refractivity contribution in [3.8, 4) is 0 Å². The van der Waals surface area contributed by atoms with Gasteiger partial charge in [-0.2, -0.15) is 0 Å². The summed E-state index contributed by atoms with van der Waals surface area (Å²) in [6, 6.07) is 11.9. The fourth-order valence-electron chi connectivity index (χ4n) is 2.85. The standard InChI is InChI=1S/C19H21IO3S/c1-3-13(2)14-4-6-15(7-5-14)18(21)23-19(10-11-22-12-19)16-8-9-17(20)24-16/h4-9,13H,3,10-12H2,1-2H3. The second kappa shape index (κ2) is 7.54. The molecule has 2 atom stereocenters. The van der Waals surface area contributed by atoms with Crippen LogP contribution in [-0.2, 0) is 15.1 Å². The summed E-state index contributed by atoms with van der Waals surface area (Å²) in [5.74, 6) is 0.220. The van der Waals surface area contributed by atoms with E-state index in [9.17, 15) is 4.79 Å². The largest absolute Gasteiger partial charge is 0.447 e. The number of esters is 1. The molecule has 0 bridgehead atoms. The molecule has 128 valence electrons. The molecule has 1 aromatic carbocycles. The molecule has 0 aliphatic carbocycles. The summed E-state index contributed by atoms with van der Waals surface area (Å²) in [7, 11) is 0. The molecule has 0 N–H and O–H groups in total. The van der Waals surface area contributed by atoms with Crippen LogP contribution in [0.4, 0.5) is 0 Å². The van der Waals surface area contributed by atoms with Crippen LogP contribution in [0.3, 0.4) is 0 Å². The Morgan fingerprint density at radius 3 is 2.62 bits per heavy atom. The molecular weight excluding hydrogens is 435 g/mol. The Morgan fingerprint density at radius 1 is 1.33 bits per heavy atom. The van der Waals surface area contributed by atoms with Gasteiger partial charge in [0.2, 0.25) is 0 Å². The van der Waals surface area contributed by atoms with Crippen molar-refractivity contribution in [1.29, 1.82) is 0 Å². The first kappa shape index (κ1) is 17.9. The molecule has 0 radical (unpaired) electrons. The van der Waals surface area contributed by atoms with Crippen LogP contribution >= 0.6 is 33.9 Å². The molecule has 0 spiro atoms. The summed E-state index contributed by atoms with van der Waals surface area (Å²) in [4.78, 5) is 13.7. The Kier molecular flexibility index (Phi) is 5.62. The van der Waals surface area contributed by atoms with Crippen molar-refractivity contribution < 1.29 is 14.3 Å². The van der Waals surface area contributed by atoms with Gasteiger partial charge in [0.15, 0.2) is 5.60 Å².